The lowest BCUT2D eigenvalue weighted by molar-refractivity contribution is -0.140. The minimum Gasteiger partial charge on any atom is -0.495 e. The summed E-state index contributed by atoms with van der Waals surface area (Å²) >= 11 is 0. The van der Waals surface area contributed by atoms with Gasteiger partial charge in [-0.15, -0.1) is 0 Å². The van der Waals surface area contributed by atoms with Gasteiger partial charge in [0.2, 0.25) is 5.95 Å². The third-order valence-electron chi connectivity index (χ3n) is 8.43. The number of amides is 3. The molecule has 1 aromatic heterocycles. The molecule has 3 N–H and O–H groups in total. The second-order valence-electron chi connectivity index (χ2n) is 11.3. The van der Waals surface area contributed by atoms with Crippen LogP contribution in [-0.4, -0.2) is 115 Å². The molecule has 3 amide bonds. The Morgan fingerprint density at radius 1 is 1.16 bits per heavy atom. The Kier molecular flexibility index (Phi) is 9.32. The number of hydrogen-bond donors (Lipinski definition) is 3. The van der Waals surface area contributed by atoms with Gasteiger partial charge in [0.15, 0.2) is 5.82 Å². The maximum absolute atomic E-state index is 14.9. The summed E-state index contributed by atoms with van der Waals surface area (Å²) < 4.78 is 35.3. The van der Waals surface area contributed by atoms with Crippen molar-refractivity contribution in [3.8, 4) is 5.75 Å². The summed E-state index contributed by atoms with van der Waals surface area (Å²) in [4.78, 5) is 51.3. The van der Waals surface area contributed by atoms with Crippen molar-refractivity contribution in [2.45, 2.75) is 44.1 Å². The highest BCUT2D eigenvalue weighted by atomic mass is 19.3. The molecule has 3 heterocycles. The molecule has 44 heavy (non-hydrogen) atoms. The molecule has 0 spiro atoms. The Hall–Kier alpha value is -4.27. The predicted molar refractivity (Wildman–Crippen MR) is 159 cm³/mol. The number of carbonyl (C=O) groups is 3. The topological polar surface area (TPSA) is 143 Å². The zero-order valence-electron chi connectivity index (χ0n) is 24.9. The number of carbonyl (C=O) groups excluding carboxylic acids is 2. The SMILES string of the molecule is COc1cc(C(=O)NCCCN2CCN(C(=O)O)CC2)ccc1Nc1ncc2c(n1)N(C1CCCC1)CC(F)(F)C(=O)N2C. The van der Waals surface area contributed by atoms with Crippen LogP contribution in [0.1, 0.15) is 42.5 Å². The van der Waals surface area contributed by atoms with E-state index in [4.69, 9.17) is 9.84 Å². The number of rotatable bonds is 9. The number of benzene rings is 1. The van der Waals surface area contributed by atoms with E-state index in [1.165, 1.54) is 30.2 Å². The van der Waals surface area contributed by atoms with E-state index in [0.29, 0.717) is 49.7 Å². The minimum absolute atomic E-state index is 0.137. The van der Waals surface area contributed by atoms with Crippen molar-refractivity contribution in [3.63, 3.8) is 0 Å². The number of halogens is 2. The molecule has 2 aliphatic heterocycles. The number of methoxy groups -OCH3 is 1. The van der Waals surface area contributed by atoms with Gasteiger partial charge in [0.25, 0.3) is 11.8 Å². The van der Waals surface area contributed by atoms with Gasteiger partial charge >= 0.3 is 12.0 Å². The molecule has 1 saturated carbocycles. The van der Waals surface area contributed by atoms with Crippen molar-refractivity contribution in [1.82, 2.24) is 25.1 Å². The van der Waals surface area contributed by atoms with Crippen molar-refractivity contribution in [3.05, 3.63) is 30.0 Å². The molecule has 5 rings (SSSR count). The fourth-order valence-electron chi connectivity index (χ4n) is 5.93. The number of carboxylic acid groups (broad SMARTS) is 1. The number of fused-ring (bicyclic) bond motifs is 1. The lowest BCUT2D eigenvalue weighted by atomic mass is 10.1. The smallest absolute Gasteiger partial charge is 0.407 e. The minimum atomic E-state index is -3.57. The van der Waals surface area contributed by atoms with Gasteiger partial charge < -0.3 is 35.2 Å². The molecule has 3 aliphatic rings. The summed E-state index contributed by atoms with van der Waals surface area (Å²) in [6.07, 6.45) is 4.50. The van der Waals surface area contributed by atoms with Gasteiger partial charge in [-0.25, -0.2) is 9.78 Å². The van der Waals surface area contributed by atoms with E-state index >= 15 is 0 Å². The molecule has 2 aromatic rings. The van der Waals surface area contributed by atoms with Crippen molar-refractivity contribution in [2.75, 3.05) is 75.1 Å². The van der Waals surface area contributed by atoms with E-state index in [1.807, 2.05) is 0 Å². The molecular weight excluding hydrogens is 578 g/mol. The van der Waals surface area contributed by atoms with Crippen LogP contribution in [-0.2, 0) is 4.79 Å². The summed E-state index contributed by atoms with van der Waals surface area (Å²) in [5, 5.41) is 15.0. The molecule has 15 heteroatoms. The Bertz CT molecular complexity index is 1380. The Balaban J connectivity index is 1.24. The molecule has 238 valence electrons. The number of alkyl halides is 2. The largest absolute Gasteiger partial charge is 0.495 e. The molecular formula is C29H38F2N8O5. The van der Waals surface area contributed by atoms with Crippen LogP contribution in [0, 0.1) is 0 Å². The highest BCUT2D eigenvalue weighted by Gasteiger charge is 2.48. The number of hydrogen-bond acceptors (Lipinski definition) is 9. The van der Waals surface area contributed by atoms with Crippen LogP contribution in [0.25, 0.3) is 0 Å². The highest BCUT2D eigenvalue weighted by Crippen LogP contribution is 2.40. The van der Waals surface area contributed by atoms with Gasteiger partial charge in [0.1, 0.15) is 11.4 Å². The Morgan fingerprint density at radius 3 is 2.57 bits per heavy atom. The maximum atomic E-state index is 14.9. The fraction of sp³-hybridized carbons (Fsp3) is 0.552. The third kappa shape index (κ3) is 6.77. The van der Waals surface area contributed by atoms with Gasteiger partial charge in [0, 0.05) is 51.4 Å². The number of nitrogens with zero attached hydrogens (tertiary/aromatic N) is 6. The predicted octanol–water partition coefficient (Wildman–Crippen LogP) is 3.01. The van der Waals surface area contributed by atoms with Crippen LogP contribution in [0.15, 0.2) is 24.4 Å². The van der Waals surface area contributed by atoms with Crippen LogP contribution in [0.5, 0.6) is 5.75 Å². The fourth-order valence-corrected chi connectivity index (χ4v) is 5.93. The lowest BCUT2D eigenvalue weighted by Crippen LogP contribution is -2.48. The highest BCUT2D eigenvalue weighted by molar-refractivity contribution is 6.02. The first-order chi connectivity index (χ1) is 21.1. The van der Waals surface area contributed by atoms with Gasteiger partial charge in [0.05, 0.1) is 25.5 Å². The molecule has 13 nitrogen and oxygen atoms in total. The number of aromatic nitrogens is 2. The molecule has 0 radical (unpaired) electrons. The zero-order valence-corrected chi connectivity index (χ0v) is 24.9. The maximum Gasteiger partial charge on any atom is 0.407 e. The van der Waals surface area contributed by atoms with Gasteiger partial charge in [-0.2, -0.15) is 13.8 Å². The second kappa shape index (κ2) is 13.2. The quantitative estimate of drug-likeness (QED) is 0.360. The van der Waals surface area contributed by atoms with Crippen molar-refractivity contribution >= 4 is 41.0 Å². The Labute approximate surface area is 254 Å². The van der Waals surface area contributed by atoms with E-state index < -0.39 is 24.5 Å². The van der Waals surface area contributed by atoms with E-state index in [2.05, 4.69) is 25.5 Å². The average molecular weight is 617 g/mol. The number of anilines is 4. The summed E-state index contributed by atoms with van der Waals surface area (Å²) in [6.45, 7) is 2.74. The van der Waals surface area contributed by atoms with Crippen molar-refractivity contribution < 1.29 is 33.0 Å². The van der Waals surface area contributed by atoms with Gasteiger partial charge in [-0.3, -0.25) is 14.5 Å². The molecule has 0 unspecified atom stereocenters. The molecule has 1 saturated heterocycles. The number of piperazine rings is 1. The van der Waals surface area contributed by atoms with Crippen molar-refractivity contribution in [1.29, 1.82) is 0 Å². The number of nitrogens with one attached hydrogen (secondary N) is 2. The van der Waals surface area contributed by atoms with Crippen LogP contribution < -0.4 is 25.2 Å². The van der Waals surface area contributed by atoms with E-state index in [9.17, 15) is 23.2 Å². The molecule has 0 atom stereocenters. The lowest BCUT2D eigenvalue weighted by Gasteiger charge is -2.33. The van der Waals surface area contributed by atoms with E-state index in [1.54, 1.807) is 18.2 Å². The molecule has 1 aliphatic carbocycles. The summed E-state index contributed by atoms with van der Waals surface area (Å²) in [5.74, 6) is -4.37. The third-order valence-corrected chi connectivity index (χ3v) is 8.43. The summed E-state index contributed by atoms with van der Waals surface area (Å²) in [7, 11) is 2.77. The van der Waals surface area contributed by atoms with Crippen molar-refractivity contribution in [2.24, 2.45) is 0 Å². The van der Waals surface area contributed by atoms with Gasteiger partial charge in [-0.05, 0) is 44.0 Å². The van der Waals surface area contributed by atoms with Crippen LogP contribution in [0.4, 0.5) is 36.7 Å². The number of ether oxygens (including phenoxy) is 1. The summed E-state index contributed by atoms with van der Waals surface area (Å²) in [6, 6.07) is 4.72. The van der Waals surface area contributed by atoms with Crippen LogP contribution in [0.3, 0.4) is 0 Å². The molecule has 0 bridgehead atoms. The average Bonchev–Trinajstić information content (AvgIpc) is 3.54. The van der Waals surface area contributed by atoms with E-state index in [0.717, 1.165) is 43.5 Å². The van der Waals surface area contributed by atoms with Gasteiger partial charge in [-0.1, -0.05) is 12.8 Å². The standard InChI is InChI=1S/C29H38F2N8O5/c1-36-22-17-33-27(35-24(22)39(20-6-3-4-7-20)18-29(30,31)26(36)41)34-21-9-8-19(16-23(21)44-2)25(40)32-10-5-11-37-12-14-38(15-13-37)28(42)43/h8-9,16-17,20H,3-7,10-15,18H2,1-2H3,(H,32,40)(H,42,43)(H,33,34,35). The first-order valence-corrected chi connectivity index (χ1v) is 14.8. The normalized spacial score (nSPS) is 19.0. The van der Waals surface area contributed by atoms with E-state index in [-0.39, 0.29) is 29.4 Å². The molecule has 1 aromatic carbocycles. The summed E-state index contributed by atoms with van der Waals surface area (Å²) in [5.41, 5.74) is 1.08. The molecule has 2 fully saturated rings. The Morgan fingerprint density at radius 2 is 1.89 bits per heavy atom. The monoisotopic (exact) mass is 616 g/mol. The second-order valence-corrected chi connectivity index (χ2v) is 11.3. The first-order valence-electron chi connectivity index (χ1n) is 14.8. The first kappa shape index (κ1) is 31.2. The van der Waals surface area contributed by atoms with Crippen LogP contribution in [0.2, 0.25) is 0 Å². The zero-order chi connectivity index (χ0) is 31.4. The van der Waals surface area contributed by atoms with Crippen LogP contribution >= 0.6 is 0 Å².